The highest BCUT2D eigenvalue weighted by atomic mass is 16.2. The van der Waals surface area contributed by atoms with E-state index in [1.165, 1.54) is 29.2 Å². The fourth-order valence-corrected chi connectivity index (χ4v) is 2.00. The van der Waals surface area contributed by atoms with Crippen molar-refractivity contribution < 1.29 is 14.2 Å². The minimum Gasteiger partial charge on any atom is -0.255 e. The molecule has 2 aliphatic rings. The Morgan fingerprint density at radius 1 is 1.31 bits per heavy atom. The summed E-state index contributed by atoms with van der Waals surface area (Å²) in [6.45, 7) is 0.586. The minimum atomic E-state index is -0.667. The lowest BCUT2D eigenvalue weighted by Crippen LogP contribution is -2.33. The monoisotopic (exact) mass is 219 g/mol. The molecule has 1 heterocycles. The number of aliphatic imine (C=N–C) groups is 1. The van der Waals surface area contributed by atoms with E-state index >= 15 is 0 Å². The molecule has 0 bridgehead atoms. The van der Waals surface area contributed by atoms with Gasteiger partial charge in [-0.25, -0.2) is 9.79 Å². The normalized spacial score (nSPS) is 20.8. The Labute approximate surface area is 94.4 Å². The summed E-state index contributed by atoms with van der Waals surface area (Å²) in [4.78, 5) is 25.9. The van der Waals surface area contributed by atoms with E-state index in [-0.39, 0.29) is 0 Å². The number of rotatable bonds is 3. The predicted octanol–water partition coefficient (Wildman–Crippen LogP) is 1.10. The van der Waals surface area contributed by atoms with Crippen LogP contribution in [0.3, 0.4) is 0 Å². The summed E-state index contributed by atoms with van der Waals surface area (Å²) in [5.74, 6) is -1.18. The van der Waals surface area contributed by atoms with Crippen molar-refractivity contribution in [1.82, 2.24) is 0 Å². The van der Waals surface area contributed by atoms with Crippen LogP contribution in [0.4, 0.5) is 0 Å². The third kappa shape index (κ3) is 2.51. The van der Waals surface area contributed by atoms with Gasteiger partial charge in [-0.15, -0.1) is 0 Å². The fourth-order valence-electron chi connectivity index (χ4n) is 2.00. The average molecular weight is 219 g/mol. The van der Waals surface area contributed by atoms with Gasteiger partial charge < -0.3 is 0 Å². The molecule has 0 atom stereocenters. The molecule has 0 saturated heterocycles. The molecule has 1 aliphatic carbocycles. The molecule has 1 aliphatic heterocycles. The summed E-state index contributed by atoms with van der Waals surface area (Å²) in [5.41, 5.74) is 1.41. The Hall–Kier alpha value is -1.58. The lowest BCUT2D eigenvalue weighted by Gasteiger charge is -2.11. The third-order valence-electron chi connectivity index (χ3n) is 2.94. The van der Waals surface area contributed by atoms with Crippen LogP contribution < -0.4 is 0 Å². The number of nitrogens with zero attached hydrogens (tertiary/aromatic N) is 2. The van der Waals surface area contributed by atoms with Crippen molar-refractivity contribution in [2.45, 2.75) is 32.1 Å². The van der Waals surface area contributed by atoms with Gasteiger partial charge in [-0.3, -0.25) is 4.79 Å². The maximum atomic E-state index is 11.4. The molecule has 0 aromatic heterocycles. The van der Waals surface area contributed by atoms with Crippen molar-refractivity contribution in [2.75, 3.05) is 6.54 Å². The first kappa shape index (κ1) is 10.9. The highest BCUT2D eigenvalue weighted by molar-refractivity contribution is 6.39. The van der Waals surface area contributed by atoms with E-state index in [4.69, 9.17) is 0 Å². The first-order chi connectivity index (χ1) is 7.77. The van der Waals surface area contributed by atoms with Gasteiger partial charge in [0.25, 0.3) is 0 Å². The molecule has 0 N–H and O–H groups in total. The highest BCUT2D eigenvalue weighted by Crippen LogP contribution is 2.19. The molecule has 2 rings (SSSR count). The van der Waals surface area contributed by atoms with Gasteiger partial charge in [0.05, 0.1) is 6.21 Å². The molecule has 0 aromatic rings. The van der Waals surface area contributed by atoms with Crippen LogP contribution >= 0.6 is 0 Å². The molecule has 0 spiro atoms. The largest absolute Gasteiger partial charge is 0.479 e. The average Bonchev–Trinajstić information content (AvgIpc) is 2.32. The number of hydrogen-bond donors (Lipinski definition) is 0. The van der Waals surface area contributed by atoms with Gasteiger partial charge in [0, 0.05) is 6.42 Å². The van der Waals surface area contributed by atoms with Crippen molar-refractivity contribution in [1.29, 1.82) is 0 Å². The van der Waals surface area contributed by atoms with Crippen molar-refractivity contribution in [3.63, 3.8) is 0 Å². The minimum absolute atomic E-state index is 0.515. The summed E-state index contributed by atoms with van der Waals surface area (Å²) in [5, 5.41) is 0. The van der Waals surface area contributed by atoms with E-state index in [1.54, 1.807) is 6.21 Å². The van der Waals surface area contributed by atoms with Gasteiger partial charge in [-0.2, -0.15) is 4.58 Å². The van der Waals surface area contributed by atoms with E-state index in [0.717, 1.165) is 19.3 Å². The number of carbonyl (C=O) groups is 2. The van der Waals surface area contributed by atoms with Crippen molar-refractivity contribution in [3.05, 3.63) is 11.6 Å². The Kier molecular flexibility index (Phi) is 3.39. The first-order valence-corrected chi connectivity index (χ1v) is 5.68. The second kappa shape index (κ2) is 4.96. The van der Waals surface area contributed by atoms with E-state index in [0.29, 0.717) is 6.54 Å². The van der Waals surface area contributed by atoms with Crippen LogP contribution in [0.5, 0.6) is 0 Å². The Morgan fingerprint density at radius 3 is 2.94 bits per heavy atom. The molecule has 4 nitrogen and oxygen atoms in total. The molecular formula is C12H15N2O2+. The smallest absolute Gasteiger partial charge is 0.255 e. The SMILES string of the molecule is O=C1N=CC=[N+](CCC2=CCCCC2)C1=O. The maximum Gasteiger partial charge on any atom is 0.479 e. The zero-order chi connectivity index (χ0) is 11.4. The topological polar surface area (TPSA) is 49.5 Å². The van der Waals surface area contributed by atoms with Gasteiger partial charge in [0.2, 0.25) is 0 Å². The van der Waals surface area contributed by atoms with Gasteiger partial charge in [0.15, 0.2) is 12.8 Å². The summed E-state index contributed by atoms with van der Waals surface area (Å²) >= 11 is 0. The van der Waals surface area contributed by atoms with E-state index in [1.807, 2.05) is 0 Å². The Bertz CT molecular complexity index is 405. The zero-order valence-corrected chi connectivity index (χ0v) is 9.19. The number of amides is 2. The van der Waals surface area contributed by atoms with Crippen molar-refractivity contribution in [3.8, 4) is 0 Å². The van der Waals surface area contributed by atoms with Crippen LogP contribution in [0.25, 0.3) is 0 Å². The van der Waals surface area contributed by atoms with E-state index < -0.39 is 11.8 Å². The standard InChI is InChI=1S/C12H15N2O2/c15-11-12(16)14(9-7-13-11)8-6-10-4-2-1-3-5-10/h4,7,9H,1-3,5-6,8H2/q+1. The number of hydrogen-bond acceptors (Lipinski definition) is 2. The van der Waals surface area contributed by atoms with Gasteiger partial charge >= 0.3 is 11.8 Å². The number of allylic oxidation sites excluding steroid dienone is 1. The van der Waals surface area contributed by atoms with E-state index in [2.05, 4.69) is 11.1 Å². The summed E-state index contributed by atoms with van der Waals surface area (Å²) in [6.07, 6.45) is 10.9. The molecule has 0 radical (unpaired) electrons. The third-order valence-corrected chi connectivity index (χ3v) is 2.94. The second-order valence-corrected chi connectivity index (χ2v) is 4.09. The van der Waals surface area contributed by atoms with Crippen molar-refractivity contribution in [2.24, 2.45) is 4.99 Å². The molecule has 0 aromatic carbocycles. The lowest BCUT2D eigenvalue weighted by atomic mass is 9.97. The molecule has 84 valence electrons. The van der Waals surface area contributed by atoms with Gasteiger partial charge in [0.1, 0.15) is 0 Å². The van der Waals surface area contributed by atoms with Crippen molar-refractivity contribution >= 4 is 24.2 Å². The van der Waals surface area contributed by atoms with Gasteiger partial charge in [-0.05, 0) is 25.7 Å². The summed E-state index contributed by atoms with van der Waals surface area (Å²) < 4.78 is 1.45. The summed E-state index contributed by atoms with van der Waals surface area (Å²) in [7, 11) is 0. The second-order valence-electron chi connectivity index (χ2n) is 4.09. The Morgan fingerprint density at radius 2 is 2.19 bits per heavy atom. The molecular weight excluding hydrogens is 204 g/mol. The highest BCUT2D eigenvalue weighted by Gasteiger charge is 2.28. The molecule has 2 amide bonds. The van der Waals surface area contributed by atoms with Crippen LogP contribution in [-0.4, -0.2) is 35.4 Å². The first-order valence-electron chi connectivity index (χ1n) is 5.68. The van der Waals surface area contributed by atoms with Gasteiger partial charge in [-0.1, -0.05) is 11.6 Å². The summed E-state index contributed by atoms with van der Waals surface area (Å²) in [6, 6.07) is 0. The van der Waals surface area contributed by atoms with Crippen LogP contribution in [0.2, 0.25) is 0 Å². The molecule has 0 unspecified atom stereocenters. The van der Waals surface area contributed by atoms with Crippen LogP contribution in [-0.2, 0) is 9.59 Å². The van der Waals surface area contributed by atoms with Crippen LogP contribution in [0.15, 0.2) is 16.6 Å². The lowest BCUT2D eigenvalue weighted by molar-refractivity contribution is -0.437. The van der Waals surface area contributed by atoms with Crippen LogP contribution in [0, 0.1) is 0 Å². The molecule has 0 fully saturated rings. The predicted molar refractivity (Wildman–Crippen MR) is 60.9 cm³/mol. The maximum absolute atomic E-state index is 11.4. The fraction of sp³-hybridized carbons (Fsp3) is 0.500. The quantitative estimate of drug-likeness (QED) is 0.405. The van der Waals surface area contributed by atoms with Crippen LogP contribution in [0.1, 0.15) is 32.1 Å². The number of carbonyl (C=O) groups excluding carboxylic acids is 2. The van der Waals surface area contributed by atoms with E-state index in [9.17, 15) is 9.59 Å². The molecule has 4 heteroatoms. The molecule has 16 heavy (non-hydrogen) atoms. The Balaban J connectivity index is 1.92. The molecule has 0 saturated carbocycles. The zero-order valence-electron chi connectivity index (χ0n) is 9.19.